The standard InChI is InChI=1S/C16H19ClN2O5/c17-11-5-6-13-12(8-11)19(10-16(23)24-13)9-14(20)18-7-3-1-2-4-15(21)22/h5-6,8H,1-4,7,9-10H2,(H,18,20)(H,21,22). The molecule has 0 bridgehead atoms. The summed E-state index contributed by atoms with van der Waals surface area (Å²) in [6.45, 7) is 0.482. The lowest BCUT2D eigenvalue weighted by Crippen LogP contribution is -2.43. The van der Waals surface area contributed by atoms with Crippen molar-refractivity contribution in [3.05, 3.63) is 23.2 Å². The van der Waals surface area contributed by atoms with Gasteiger partial charge in [0.25, 0.3) is 0 Å². The van der Waals surface area contributed by atoms with Gasteiger partial charge in [-0.1, -0.05) is 18.0 Å². The monoisotopic (exact) mass is 354 g/mol. The number of rotatable bonds is 8. The highest BCUT2D eigenvalue weighted by Gasteiger charge is 2.25. The van der Waals surface area contributed by atoms with Gasteiger partial charge in [0.2, 0.25) is 5.91 Å². The first-order chi connectivity index (χ1) is 11.5. The molecule has 0 fully saturated rings. The second-order valence-corrected chi connectivity index (χ2v) is 5.93. The molecular weight excluding hydrogens is 336 g/mol. The lowest BCUT2D eigenvalue weighted by molar-refractivity contribution is -0.137. The minimum atomic E-state index is -0.812. The number of carbonyl (C=O) groups is 3. The predicted octanol–water partition coefficient (Wildman–Crippen LogP) is 1.83. The number of carboxylic acids is 1. The number of carboxylic acid groups (broad SMARTS) is 1. The molecular formula is C16H19ClN2O5. The van der Waals surface area contributed by atoms with Crippen molar-refractivity contribution in [1.29, 1.82) is 0 Å². The fourth-order valence-electron chi connectivity index (χ4n) is 2.40. The number of hydrogen-bond acceptors (Lipinski definition) is 5. The van der Waals surface area contributed by atoms with Gasteiger partial charge in [-0.3, -0.25) is 9.59 Å². The Morgan fingerprint density at radius 2 is 2.08 bits per heavy atom. The molecule has 8 heteroatoms. The number of aliphatic carboxylic acids is 1. The molecule has 1 aliphatic heterocycles. The van der Waals surface area contributed by atoms with Crippen LogP contribution in [0.15, 0.2) is 18.2 Å². The largest absolute Gasteiger partial charge is 0.481 e. The summed E-state index contributed by atoms with van der Waals surface area (Å²) in [6, 6.07) is 4.87. The van der Waals surface area contributed by atoms with E-state index in [1.54, 1.807) is 23.1 Å². The quantitative estimate of drug-likeness (QED) is 0.420. The van der Waals surface area contributed by atoms with Gasteiger partial charge < -0.3 is 20.1 Å². The van der Waals surface area contributed by atoms with E-state index in [4.69, 9.17) is 21.4 Å². The Hall–Kier alpha value is -2.28. The zero-order valence-electron chi connectivity index (χ0n) is 13.1. The van der Waals surface area contributed by atoms with Gasteiger partial charge in [0.1, 0.15) is 6.54 Å². The highest BCUT2D eigenvalue weighted by atomic mass is 35.5. The van der Waals surface area contributed by atoms with Crippen LogP contribution in [0.4, 0.5) is 5.69 Å². The third-order valence-electron chi connectivity index (χ3n) is 3.53. The number of nitrogens with zero attached hydrogens (tertiary/aromatic N) is 1. The van der Waals surface area contributed by atoms with Crippen molar-refractivity contribution >= 4 is 35.1 Å². The summed E-state index contributed by atoms with van der Waals surface area (Å²) < 4.78 is 5.12. The minimum Gasteiger partial charge on any atom is -0.481 e. The molecule has 0 saturated carbocycles. The maximum Gasteiger partial charge on any atom is 0.331 e. The number of fused-ring (bicyclic) bond motifs is 1. The van der Waals surface area contributed by atoms with E-state index >= 15 is 0 Å². The molecule has 0 aliphatic carbocycles. The van der Waals surface area contributed by atoms with Crippen LogP contribution in [0.1, 0.15) is 25.7 Å². The van der Waals surface area contributed by atoms with Gasteiger partial charge in [0.15, 0.2) is 5.75 Å². The Morgan fingerprint density at radius 3 is 2.83 bits per heavy atom. The van der Waals surface area contributed by atoms with Crippen LogP contribution < -0.4 is 15.0 Å². The molecule has 0 radical (unpaired) electrons. The van der Waals surface area contributed by atoms with Gasteiger partial charge >= 0.3 is 11.9 Å². The van der Waals surface area contributed by atoms with Gasteiger partial charge in [-0.05, 0) is 31.0 Å². The van der Waals surface area contributed by atoms with Gasteiger partial charge in [-0.25, -0.2) is 4.79 Å². The number of unbranched alkanes of at least 4 members (excludes halogenated alkanes) is 2. The maximum atomic E-state index is 12.0. The average Bonchev–Trinajstić information content (AvgIpc) is 2.51. The third-order valence-corrected chi connectivity index (χ3v) is 3.76. The van der Waals surface area contributed by atoms with Crippen LogP contribution >= 0.6 is 11.6 Å². The van der Waals surface area contributed by atoms with E-state index in [9.17, 15) is 14.4 Å². The molecule has 7 nitrogen and oxygen atoms in total. The van der Waals surface area contributed by atoms with Gasteiger partial charge in [0, 0.05) is 18.0 Å². The molecule has 1 heterocycles. The van der Waals surface area contributed by atoms with Crippen LogP contribution in [0.25, 0.3) is 0 Å². The van der Waals surface area contributed by atoms with Crippen LogP contribution in [-0.2, 0) is 14.4 Å². The molecule has 0 aromatic heterocycles. The van der Waals surface area contributed by atoms with Gasteiger partial charge in [-0.15, -0.1) is 0 Å². The Kier molecular flexibility index (Phi) is 6.43. The number of ether oxygens (including phenoxy) is 1. The second kappa shape index (κ2) is 8.54. The SMILES string of the molecule is O=C(O)CCCCCNC(=O)CN1CC(=O)Oc2ccc(Cl)cc21. The number of amides is 1. The topological polar surface area (TPSA) is 95.9 Å². The van der Waals surface area contributed by atoms with E-state index in [2.05, 4.69) is 5.32 Å². The van der Waals surface area contributed by atoms with E-state index in [-0.39, 0.29) is 25.4 Å². The summed E-state index contributed by atoms with van der Waals surface area (Å²) >= 11 is 5.96. The first kappa shape index (κ1) is 18.1. The van der Waals surface area contributed by atoms with Crippen LogP contribution in [0.2, 0.25) is 5.02 Å². The maximum absolute atomic E-state index is 12.0. The summed E-state index contributed by atoms with van der Waals surface area (Å²) in [7, 11) is 0. The second-order valence-electron chi connectivity index (χ2n) is 5.50. The fraction of sp³-hybridized carbons (Fsp3) is 0.438. The smallest absolute Gasteiger partial charge is 0.331 e. The van der Waals surface area contributed by atoms with E-state index < -0.39 is 11.9 Å². The molecule has 1 aromatic rings. The number of nitrogens with one attached hydrogen (secondary N) is 1. The zero-order chi connectivity index (χ0) is 17.5. The summed E-state index contributed by atoms with van der Waals surface area (Å²) in [6.07, 6.45) is 2.18. The lowest BCUT2D eigenvalue weighted by atomic mass is 10.2. The number of anilines is 1. The Morgan fingerprint density at radius 1 is 1.29 bits per heavy atom. The van der Waals surface area contributed by atoms with Crippen LogP contribution in [0.5, 0.6) is 5.75 Å². The highest BCUT2D eigenvalue weighted by molar-refractivity contribution is 6.31. The Bertz CT molecular complexity index is 635. The highest BCUT2D eigenvalue weighted by Crippen LogP contribution is 2.34. The van der Waals surface area contributed by atoms with Crippen molar-refractivity contribution in [3.63, 3.8) is 0 Å². The van der Waals surface area contributed by atoms with E-state index in [0.717, 1.165) is 6.42 Å². The van der Waals surface area contributed by atoms with E-state index in [0.29, 0.717) is 35.8 Å². The summed E-state index contributed by atoms with van der Waals surface area (Å²) in [5.41, 5.74) is 0.610. The van der Waals surface area contributed by atoms with Crippen LogP contribution in [0, 0.1) is 0 Å². The molecule has 24 heavy (non-hydrogen) atoms. The molecule has 1 aliphatic rings. The molecule has 2 N–H and O–H groups in total. The summed E-state index contributed by atoms with van der Waals surface area (Å²) in [4.78, 5) is 35.6. The van der Waals surface area contributed by atoms with Crippen molar-refractivity contribution in [2.24, 2.45) is 0 Å². The molecule has 0 saturated heterocycles. The van der Waals surface area contributed by atoms with Crippen molar-refractivity contribution in [2.75, 3.05) is 24.5 Å². The van der Waals surface area contributed by atoms with E-state index in [1.165, 1.54) is 0 Å². The number of esters is 1. The van der Waals surface area contributed by atoms with Crippen LogP contribution in [0.3, 0.4) is 0 Å². The van der Waals surface area contributed by atoms with Gasteiger partial charge in [-0.2, -0.15) is 0 Å². The number of halogens is 1. The molecule has 0 spiro atoms. The molecule has 2 rings (SSSR count). The van der Waals surface area contributed by atoms with E-state index in [1.807, 2.05) is 0 Å². The Labute approximate surface area is 144 Å². The fourth-order valence-corrected chi connectivity index (χ4v) is 2.56. The first-order valence-corrected chi connectivity index (χ1v) is 8.07. The van der Waals surface area contributed by atoms with Crippen molar-refractivity contribution in [1.82, 2.24) is 5.32 Å². The first-order valence-electron chi connectivity index (χ1n) is 7.69. The molecule has 0 unspecified atom stereocenters. The van der Waals surface area contributed by atoms with Crippen molar-refractivity contribution in [3.8, 4) is 5.75 Å². The summed E-state index contributed by atoms with van der Waals surface area (Å²) in [5, 5.41) is 11.8. The van der Waals surface area contributed by atoms with Crippen LogP contribution in [-0.4, -0.2) is 42.6 Å². The normalized spacial score (nSPS) is 13.2. The number of carbonyl (C=O) groups excluding carboxylic acids is 2. The average molecular weight is 355 g/mol. The lowest BCUT2D eigenvalue weighted by Gasteiger charge is -2.29. The zero-order valence-corrected chi connectivity index (χ0v) is 13.8. The number of benzene rings is 1. The molecule has 1 aromatic carbocycles. The third kappa shape index (κ3) is 5.42. The minimum absolute atomic E-state index is 0.0145. The molecule has 0 atom stereocenters. The molecule has 130 valence electrons. The van der Waals surface area contributed by atoms with Crippen molar-refractivity contribution < 1.29 is 24.2 Å². The van der Waals surface area contributed by atoms with Gasteiger partial charge in [0.05, 0.1) is 12.2 Å². The Balaban J connectivity index is 1.81. The summed E-state index contributed by atoms with van der Waals surface area (Å²) in [5.74, 6) is -1.06. The predicted molar refractivity (Wildman–Crippen MR) is 88.4 cm³/mol. The number of hydrogen-bond donors (Lipinski definition) is 2. The molecule has 1 amide bonds. The van der Waals surface area contributed by atoms with Crippen molar-refractivity contribution in [2.45, 2.75) is 25.7 Å².